The minimum Gasteiger partial charge on any atom is -0.493 e. The third kappa shape index (κ3) is 4.02. The number of carboxylic acid groups (broad SMARTS) is 1. The molecule has 0 radical (unpaired) electrons. The average molecular weight is 367 g/mol. The number of fused-ring (bicyclic) bond motifs is 2. The number of rotatable bonds is 7. The molecule has 7 nitrogen and oxygen atoms in total. The van der Waals surface area contributed by atoms with Crippen LogP contribution in [0.25, 0.3) is 10.9 Å². The van der Waals surface area contributed by atoms with E-state index in [-0.39, 0.29) is 19.1 Å². The number of benzene rings is 1. The number of aromatic nitrogens is 3. The normalized spacial score (nSPS) is 13.7. The molecular formula is C20H22N4O3. The van der Waals surface area contributed by atoms with Crippen molar-refractivity contribution in [2.75, 3.05) is 18.5 Å². The molecule has 4 rings (SSSR count). The molecule has 7 heteroatoms. The molecule has 0 aliphatic carbocycles. The summed E-state index contributed by atoms with van der Waals surface area (Å²) < 4.78 is 15.4. The second kappa shape index (κ2) is 7.65. The maximum Gasteiger partial charge on any atom is 0.305 e. The summed E-state index contributed by atoms with van der Waals surface area (Å²) in [7, 11) is 0. The predicted molar refractivity (Wildman–Crippen MR) is 102 cm³/mol. The third-order valence-electron chi connectivity index (χ3n) is 4.65. The van der Waals surface area contributed by atoms with Crippen molar-refractivity contribution in [3.8, 4) is 5.75 Å². The lowest BCUT2D eigenvalue weighted by Crippen LogP contribution is -2.14. The molecule has 1 aliphatic heterocycles. The van der Waals surface area contributed by atoms with E-state index < -0.39 is 5.97 Å². The summed E-state index contributed by atoms with van der Waals surface area (Å²) in [5, 5.41) is 16.9. The van der Waals surface area contributed by atoms with Crippen LogP contribution >= 0.6 is 0 Å². The summed E-state index contributed by atoms with van der Waals surface area (Å²) in [6.07, 6.45) is 3.00. The van der Waals surface area contributed by atoms with Gasteiger partial charge >= 0.3 is 5.97 Å². The van der Waals surface area contributed by atoms with Crippen LogP contribution in [0.1, 0.15) is 25.5 Å². The van der Waals surface area contributed by atoms with E-state index in [4.69, 9.17) is 11.2 Å². The number of nitrogens with zero attached hydrogens (tertiary/aromatic N) is 3. The van der Waals surface area contributed by atoms with Gasteiger partial charge in [0.25, 0.3) is 0 Å². The van der Waals surface area contributed by atoms with E-state index in [0.717, 1.165) is 36.4 Å². The van der Waals surface area contributed by atoms with Crippen molar-refractivity contribution < 1.29 is 16.0 Å². The van der Waals surface area contributed by atoms with Crippen molar-refractivity contribution in [1.29, 1.82) is 0 Å². The highest BCUT2D eigenvalue weighted by Gasteiger charge is 2.10. The maximum atomic E-state index is 10.8. The lowest BCUT2D eigenvalue weighted by atomic mass is 10.1. The molecule has 1 aliphatic rings. The quantitative estimate of drug-likeness (QED) is 0.667. The second-order valence-corrected chi connectivity index (χ2v) is 6.60. The largest absolute Gasteiger partial charge is 0.493 e. The summed E-state index contributed by atoms with van der Waals surface area (Å²) >= 11 is 0. The SMILES string of the molecule is [2H]c1nn(CCC(=O)O)c2ccc(OCCc3ccc4c(n3)NCCC4)cc12. The van der Waals surface area contributed by atoms with Gasteiger partial charge in [0, 0.05) is 24.0 Å². The third-order valence-corrected chi connectivity index (χ3v) is 4.65. The van der Waals surface area contributed by atoms with E-state index >= 15 is 0 Å². The molecule has 0 fully saturated rings. The monoisotopic (exact) mass is 367 g/mol. The van der Waals surface area contributed by atoms with Gasteiger partial charge in [0.2, 0.25) is 0 Å². The van der Waals surface area contributed by atoms with Crippen molar-refractivity contribution in [2.45, 2.75) is 32.2 Å². The number of aliphatic carboxylic acids is 1. The number of hydrogen-bond donors (Lipinski definition) is 2. The van der Waals surface area contributed by atoms with Crippen molar-refractivity contribution in [3.05, 3.63) is 47.8 Å². The molecule has 1 aromatic carbocycles. The van der Waals surface area contributed by atoms with Crippen molar-refractivity contribution in [1.82, 2.24) is 14.8 Å². The van der Waals surface area contributed by atoms with E-state index in [1.165, 1.54) is 5.56 Å². The molecule has 0 saturated heterocycles. The molecule has 27 heavy (non-hydrogen) atoms. The lowest BCUT2D eigenvalue weighted by molar-refractivity contribution is -0.137. The van der Waals surface area contributed by atoms with Gasteiger partial charge in [0.1, 0.15) is 11.6 Å². The van der Waals surface area contributed by atoms with Crippen LogP contribution in [0.2, 0.25) is 0 Å². The first-order valence-corrected chi connectivity index (χ1v) is 9.14. The number of anilines is 1. The van der Waals surface area contributed by atoms with Crippen LogP contribution < -0.4 is 10.1 Å². The van der Waals surface area contributed by atoms with Crippen LogP contribution in [0, 0.1) is 0 Å². The van der Waals surface area contributed by atoms with Gasteiger partial charge in [-0.05, 0) is 42.7 Å². The molecule has 0 bridgehead atoms. The number of hydrogen-bond acceptors (Lipinski definition) is 5. The van der Waals surface area contributed by atoms with Crippen molar-refractivity contribution >= 4 is 22.7 Å². The molecule has 0 spiro atoms. The zero-order valence-electron chi connectivity index (χ0n) is 15.9. The summed E-state index contributed by atoms with van der Waals surface area (Å²) in [5.41, 5.74) is 2.99. The number of pyridine rings is 1. The molecule has 0 atom stereocenters. The van der Waals surface area contributed by atoms with E-state index in [9.17, 15) is 4.79 Å². The summed E-state index contributed by atoms with van der Waals surface area (Å²) in [5.74, 6) is 0.758. The first-order chi connectivity index (χ1) is 13.6. The minimum atomic E-state index is -0.888. The van der Waals surface area contributed by atoms with Gasteiger partial charge in [0.15, 0.2) is 0 Å². The van der Waals surface area contributed by atoms with Crippen LogP contribution in [0.3, 0.4) is 0 Å². The van der Waals surface area contributed by atoms with Gasteiger partial charge in [-0.1, -0.05) is 6.07 Å². The number of aryl methyl sites for hydroxylation is 2. The highest BCUT2D eigenvalue weighted by molar-refractivity contribution is 5.80. The van der Waals surface area contributed by atoms with Crippen LogP contribution in [-0.2, 0) is 24.2 Å². The van der Waals surface area contributed by atoms with Gasteiger partial charge in [-0.25, -0.2) is 4.98 Å². The van der Waals surface area contributed by atoms with E-state index in [1.807, 2.05) is 18.2 Å². The van der Waals surface area contributed by atoms with Crippen LogP contribution in [0.5, 0.6) is 5.75 Å². The van der Waals surface area contributed by atoms with E-state index in [1.54, 1.807) is 10.7 Å². The van der Waals surface area contributed by atoms with E-state index in [2.05, 4.69) is 21.5 Å². The molecule has 3 heterocycles. The maximum absolute atomic E-state index is 10.8. The Morgan fingerprint density at radius 2 is 2.30 bits per heavy atom. The molecule has 3 aromatic rings. The fraction of sp³-hybridized carbons (Fsp3) is 0.350. The van der Waals surface area contributed by atoms with Gasteiger partial charge < -0.3 is 15.2 Å². The van der Waals surface area contributed by atoms with Crippen LogP contribution in [-0.4, -0.2) is 39.0 Å². The molecular weight excluding hydrogens is 344 g/mol. The lowest BCUT2D eigenvalue weighted by Gasteiger charge is -2.17. The first-order valence-electron chi connectivity index (χ1n) is 9.64. The number of ether oxygens (including phenoxy) is 1. The zero-order chi connectivity index (χ0) is 19.5. The second-order valence-electron chi connectivity index (χ2n) is 6.60. The van der Waals surface area contributed by atoms with Gasteiger partial charge in [-0.3, -0.25) is 9.48 Å². The fourth-order valence-corrected chi connectivity index (χ4v) is 3.24. The Labute approximate surface area is 158 Å². The van der Waals surface area contributed by atoms with E-state index in [0.29, 0.717) is 24.2 Å². The van der Waals surface area contributed by atoms with Gasteiger partial charge in [-0.2, -0.15) is 5.10 Å². The van der Waals surface area contributed by atoms with Crippen LogP contribution in [0.15, 0.2) is 36.5 Å². The fourth-order valence-electron chi connectivity index (χ4n) is 3.24. The summed E-state index contributed by atoms with van der Waals surface area (Å²) in [6, 6.07) is 9.60. The first kappa shape index (κ1) is 16.1. The Morgan fingerprint density at radius 3 is 3.19 bits per heavy atom. The Morgan fingerprint density at radius 1 is 1.37 bits per heavy atom. The molecule has 2 aromatic heterocycles. The number of nitrogens with one attached hydrogen (secondary N) is 1. The highest BCUT2D eigenvalue weighted by atomic mass is 16.5. The molecule has 2 N–H and O–H groups in total. The topological polar surface area (TPSA) is 89.3 Å². The Hall–Kier alpha value is -3.09. The molecule has 0 amide bonds. The van der Waals surface area contributed by atoms with Gasteiger partial charge in [-0.15, -0.1) is 0 Å². The predicted octanol–water partition coefficient (Wildman–Crippen LogP) is 2.89. The van der Waals surface area contributed by atoms with Crippen molar-refractivity contribution in [3.63, 3.8) is 0 Å². The smallest absolute Gasteiger partial charge is 0.305 e. The molecule has 0 unspecified atom stereocenters. The Kier molecular flexibility index (Phi) is 4.57. The Bertz CT molecular complexity index is 1020. The van der Waals surface area contributed by atoms with Crippen LogP contribution in [0.4, 0.5) is 5.82 Å². The summed E-state index contributed by atoms with van der Waals surface area (Å²) in [4.78, 5) is 15.4. The standard InChI is InChI=1S/C20H22N4O3/c25-19(26)7-10-24-18-6-5-17(12-15(18)13-22-24)27-11-8-16-4-3-14-2-1-9-21-20(14)23-16/h3-6,12-13H,1-2,7-11H2,(H,21,23)(H,25,26)/i13D. The molecule has 140 valence electrons. The number of carboxylic acids is 1. The summed E-state index contributed by atoms with van der Waals surface area (Å²) in [6.45, 7) is 1.69. The number of carbonyl (C=O) groups is 1. The minimum absolute atomic E-state index is 0.0306. The average Bonchev–Trinajstić information content (AvgIpc) is 3.01. The zero-order valence-corrected chi connectivity index (χ0v) is 14.9. The molecule has 0 saturated carbocycles. The Balaban J connectivity index is 1.41. The van der Waals surface area contributed by atoms with Crippen molar-refractivity contribution in [2.24, 2.45) is 0 Å². The van der Waals surface area contributed by atoms with Gasteiger partial charge in [0.05, 0.1) is 32.6 Å². The highest BCUT2D eigenvalue weighted by Crippen LogP contribution is 2.22.